The lowest BCUT2D eigenvalue weighted by atomic mass is 9.96. The molecule has 0 unspecified atom stereocenters. The summed E-state index contributed by atoms with van der Waals surface area (Å²) in [4.78, 5) is 20.8. The van der Waals surface area contributed by atoms with Crippen LogP contribution in [0.15, 0.2) is 71.6 Å². The van der Waals surface area contributed by atoms with Crippen LogP contribution >= 0.6 is 22.9 Å². The molecule has 9 heteroatoms. The Bertz CT molecular complexity index is 1490. The van der Waals surface area contributed by atoms with E-state index < -0.39 is 10.0 Å². The SMILES string of the molecule is Cc1ccc(S(=O)(=O)N2CCC(C(=O)N(Cc3ccccc3)c3nc4c(C)ccc(Cl)c4s3)CC2)cc1. The van der Waals surface area contributed by atoms with E-state index >= 15 is 0 Å². The monoisotopic (exact) mass is 553 g/mol. The summed E-state index contributed by atoms with van der Waals surface area (Å²) < 4.78 is 28.6. The maximum absolute atomic E-state index is 13.9. The van der Waals surface area contributed by atoms with Crippen LogP contribution in [0.2, 0.25) is 5.02 Å². The summed E-state index contributed by atoms with van der Waals surface area (Å²) >= 11 is 7.87. The first-order chi connectivity index (χ1) is 17.7. The zero-order valence-corrected chi connectivity index (χ0v) is 23.1. The van der Waals surface area contributed by atoms with Gasteiger partial charge in [0.15, 0.2) is 5.13 Å². The molecule has 0 spiro atoms. The Labute approximate surface area is 226 Å². The van der Waals surface area contributed by atoms with Crippen LogP contribution in [-0.4, -0.2) is 36.7 Å². The molecule has 6 nitrogen and oxygen atoms in total. The second kappa shape index (κ2) is 10.5. The van der Waals surface area contributed by atoms with Gasteiger partial charge < -0.3 is 0 Å². The summed E-state index contributed by atoms with van der Waals surface area (Å²) in [5.41, 5.74) is 3.81. The molecule has 192 valence electrons. The molecule has 1 amide bonds. The van der Waals surface area contributed by atoms with E-state index in [1.54, 1.807) is 29.2 Å². The molecule has 5 rings (SSSR count). The van der Waals surface area contributed by atoms with E-state index in [0.29, 0.717) is 42.6 Å². The second-order valence-electron chi connectivity index (χ2n) is 9.44. The van der Waals surface area contributed by atoms with E-state index in [9.17, 15) is 13.2 Å². The maximum Gasteiger partial charge on any atom is 0.243 e. The van der Waals surface area contributed by atoms with Crippen molar-refractivity contribution in [3.05, 3.63) is 88.4 Å². The molecule has 37 heavy (non-hydrogen) atoms. The Morgan fingerprint density at radius 2 is 1.70 bits per heavy atom. The third-order valence-electron chi connectivity index (χ3n) is 6.83. The molecule has 1 aliphatic heterocycles. The number of amides is 1. The zero-order chi connectivity index (χ0) is 26.2. The van der Waals surface area contributed by atoms with Crippen LogP contribution < -0.4 is 4.90 Å². The highest BCUT2D eigenvalue weighted by Gasteiger charge is 2.35. The number of aromatic nitrogens is 1. The lowest BCUT2D eigenvalue weighted by molar-refractivity contribution is -0.123. The number of sulfonamides is 1. The number of fused-ring (bicyclic) bond motifs is 1. The van der Waals surface area contributed by atoms with Crippen LogP contribution in [0.3, 0.4) is 0 Å². The van der Waals surface area contributed by atoms with Gasteiger partial charge in [0.2, 0.25) is 15.9 Å². The molecule has 3 aromatic carbocycles. The molecule has 1 aromatic heterocycles. The van der Waals surface area contributed by atoms with Gasteiger partial charge in [0.05, 0.1) is 26.7 Å². The summed E-state index contributed by atoms with van der Waals surface area (Å²) in [6, 6.07) is 20.5. The Kier molecular flexibility index (Phi) is 7.36. The first-order valence-electron chi connectivity index (χ1n) is 12.2. The molecule has 2 heterocycles. The minimum atomic E-state index is -3.59. The number of thiazole rings is 1. The van der Waals surface area contributed by atoms with Crippen molar-refractivity contribution in [1.82, 2.24) is 9.29 Å². The molecule has 0 bridgehead atoms. The number of hydrogen-bond donors (Lipinski definition) is 0. The van der Waals surface area contributed by atoms with Crippen molar-refractivity contribution < 1.29 is 13.2 Å². The molecule has 0 aliphatic carbocycles. The predicted molar refractivity (Wildman–Crippen MR) is 150 cm³/mol. The third-order valence-corrected chi connectivity index (χ3v) is 10.3. The fourth-order valence-electron chi connectivity index (χ4n) is 4.63. The van der Waals surface area contributed by atoms with E-state index in [-0.39, 0.29) is 16.7 Å². The fraction of sp³-hybridized carbons (Fsp3) is 0.286. The highest BCUT2D eigenvalue weighted by Crippen LogP contribution is 2.37. The number of aryl methyl sites for hydroxylation is 2. The quantitative estimate of drug-likeness (QED) is 0.285. The Morgan fingerprint density at radius 1 is 1.03 bits per heavy atom. The van der Waals surface area contributed by atoms with Gasteiger partial charge in [0, 0.05) is 19.0 Å². The van der Waals surface area contributed by atoms with E-state index in [4.69, 9.17) is 16.6 Å². The number of piperidine rings is 1. The molecular formula is C28H28ClN3O3S2. The summed E-state index contributed by atoms with van der Waals surface area (Å²) in [5, 5.41) is 1.22. The Hall–Kier alpha value is -2.78. The lowest BCUT2D eigenvalue weighted by Gasteiger charge is -2.33. The van der Waals surface area contributed by atoms with Gasteiger partial charge >= 0.3 is 0 Å². The van der Waals surface area contributed by atoms with Gasteiger partial charge in [-0.1, -0.05) is 77.0 Å². The first kappa shape index (κ1) is 25.9. The largest absolute Gasteiger partial charge is 0.283 e. The van der Waals surface area contributed by atoms with Gasteiger partial charge in [-0.05, 0) is 56.0 Å². The van der Waals surface area contributed by atoms with E-state index in [1.807, 2.05) is 56.3 Å². The molecule has 0 atom stereocenters. The molecule has 4 aromatic rings. The minimum absolute atomic E-state index is 0.0379. The van der Waals surface area contributed by atoms with Crippen molar-refractivity contribution in [2.45, 2.75) is 38.1 Å². The van der Waals surface area contributed by atoms with Crippen molar-refractivity contribution in [3.8, 4) is 0 Å². The molecule has 0 radical (unpaired) electrons. The highest BCUT2D eigenvalue weighted by molar-refractivity contribution is 7.89. The van der Waals surface area contributed by atoms with Gasteiger partial charge in [0.1, 0.15) is 0 Å². The van der Waals surface area contributed by atoms with Crippen LogP contribution in [0.5, 0.6) is 0 Å². The maximum atomic E-state index is 13.9. The number of halogens is 1. The van der Waals surface area contributed by atoms with Gasteiger partial charge in [-0.2, -0.15) is 4.31 Å². The number of carbonyl (C=O) groups is 1. The summed E-state index contributed by atoms with van der Waals surface area (Å²) in [6.07, 6.45) is 0.916. The van der Waals surface area contributed by atoms with Crippen molar-refractivity contribution in [3.63, 3.8) is 0 Å². The molecule has 1 saturated heterocycles. The number of hydrogen-bond acceptors (Lipinski definition) is 5. The van der Waals surface area contributed by atoms with Crippen LogP contribution in [-0.2, 0) is 21.4 Å². The van der Waals surface area contributed by atoms with Crippen molar-refractivity contribution >= 4 is 54.2 Å². The van der Waals surface area contributed by atoms with Crippen molar-refractivity contribution in [2.75, 3.05) is 18.0 Å². The van der Waals surface area contributed by atoms with Crippen molar-refractivity contribution in [1.29, 1.82) is 0 Å². The normalized spacial score (nSPS) is 15.2. The van der Waals surface area contributed by atoms with E-state index in [1.165, 1.54) is 15.6 Å². The summed E-state index contributed by atoms with van der Waals surface area (Å²) in [6.45, 7) is 4.90. The van der Waals surface area contributed by atoms with Gasteiger partial charge in [-0.15, -0.1) is 0 Å². The third kappa shape index (κ3) is 5.29. The van der Waals surface area contributed by atoms with Gasteiger partial charge in [-0.3, -0.25) is 9.69 Å². The molecule has 0 N–H and O–H groups in total. The van der Waals surface area contributed by atoms with Crippen LogP contribution in [0.25, 0.3) is 10.2 Å². The van der Waals surface area contributed by atoms with Gasteiger partial charge in [0.25, 0.3) is 0 Å². The molecular weight excluding hydrogens is 526 g/mol. The fourth-order valence-corrected chi connectivity index (χ4v) is 7.43. The predicted octanol–water partition coefficient (Wildman–Crippen LogP) is 6.20. The lowest BCUT2D eigenvalue weighted by Crippen LogP contribution is -2.44. The average Bonchev–Trinajstić information content (AvgIpc) is 3.37. The Morgan fingerprint density at radius 3 is 2.35 bits per heavy atom. The van der Waals surface area contributed by atoms with Gasteiger partial charge in [-0.25, -0.2) is 13.4 Å². The van der Waals surface area contributed by atoms with E-state index in [0.717, 1.165) is 26.9 Å². The summed E-state index contributed by atoms with van der Waals surface area (Å²) in [7, 11) is -3.59. The van der Waals surface area contributed by atoms with Crippen LogP contribution in [0, 0.1) is 19.8 Å². The first-order valence-corrected chi connectivity index (χ1v) is 14.9. The number of carbonyl (C=O) groups excluding carboxylic acids is 1. The Balaban J connectivity index is 1.39. The van der Waals surface area contributed by atoms with E-state index in [2.05, 4.69) is 0 Å². The number of benzene rings is 3. The molecule has 1 aliphatic rings. The zero-order valence-electron chi connectivity index (χ0n) is 20.7. The number of nitrogens with zero attached hydrogens (tertiary/aromatic N) is 3. The molecule has 0 saturated carbocycles. The minimum Gasteiger partial charge on any atom is -0.283 e. The number of anilines is 1. The van der Waals surface area contributed by atoms with Crippen LogP contribution in [0.1, 0.15) is 29.5 Å². The highest BCUT2D eigenvalue weighted by atomic mass is 35.5. The standard InChI is InChI=1S/C28H28ClN3O3S2/c1-19-8-11-23(12-9-19)37(34,35)31-16-14-22(15-17-31)27(33)32(18-21-6-4-3-5-7-21)28-30-25-20(2)10-13-24(29)26(25)36-28/h3-13,22H,14-18H2,1-2H3. The number of rotatable bonds is 6. The topological polar surface area (TPSA) is 70.6 Å². The summed E-state index contributed by atoms with van der Waals surface area (Å²) in [5.74, 6) is -0.333. The second-order valence-corrected chi connectivity index (χ2v) is 12.8. The average molecular weight is 554 g/mol. The smallest absolute Gasteiger partial charge is 0.243 e. The van der Waals surface area contributed by atoms with Crippen molar-refractivity contribution in [2.24, 2.45) is 5.92 Å². The molecule has 1 fully saturated rings. The van der Waals surface area contributed by atoms with Crippen LogP contribution in [0.4, 0.5) is 5.13 Å².